The normalized spacial score (nSPS) is 20.0. The van der Waals surface area contributed by atoms with Gasteiger partial charge in [-0.05, 0) is 50.3 Å². The summed E-state index contributed by atoms with van der Waals surface area (Å²) in [6.07, 6.45) is 10.6. The average Bonchev–Trinajstić information content (AvgIpc) is 2.63. The molecule has 0 aliphatic heterocycles. The maximum atomic E-state index is 12.7. The lowest BCUT2D eigenvalue weighted by atomic mass is 9.95. The predicted molar refractivity (Wildman–Crippen MR) is 103 cm³/mol. The van der Waals surface area contributed by atoms with Crippen molar-refractivity contribution >= 4 is 15.9 Å². The molecular formula is C20H30N2O3S. The Morgan fingerprint density at radius 3 is 2.12 bits per heavy atom. The fourth-order valence-electron chi connectivity index (χ4n) is 4.03. The highest BCUT2D eigenvalue weighted by Crippen LogP contribution is 2.22. The lowest BCUT2D eigenvalue weighted by molar-refractivity contribution is 0.0927. The summed E-state index contributed by atoms with van der Waals surface area (Å²) in [7, 11) is -3.60. The number of carbonyl (C=O) groups excluding carboxylic acids is 1. The van der Waals surface area contributed by atoms with Gasteiger partial charge in [-0.1, -0.05) is 44.6 Å². The Morgan fingerprint density at radius 2 is 1.50 bits per heavy atom. The minimum absolute atomic E-state index is 0.00886. The molecular weight excluding hydrogens is 348 g/mol. The van der Waals surface area contributed by atoms with Crippen LogP contribution in [0.25, 0.3) is 0 Å². The molecule has 1 aromatic rings. The van der Waals surface area contributed by atoms with Gasteiger partial charge in [0.15, 0.2) is 0 Å². The summed E-state index contributed by atoms with van der Waals surface area (Å²) in [5.41, 5.74) is 1.26. The molecule has 2 fully saturated rings. The molecule has 0 saturated heterocycles. The molecule has 0 radical (unpaired) electrons. The molecule has 2 N–H and O–H groups in total. The Kier molecular flexibility index (Phi) is 6.35. The van der Waals surface area contributed by atoms with E-state index in [1.807, 2.05) is 6.92 Å². The topological polar surface area (TPSA) is 75.3 Å². The van der Waals surface area contributed by atoms with Crippen molar-refractivity contribution < 1.29 is 13.2 Å². The van der Waals surface area contributed by atoms with Crippen LogP contribution in [0.3, 0.4) is 0 Å². The van der Waals surface area contributed by atoms with Crippen LogP contribution in [0.1, 0.15) is 80.1 Å². The van der Waals surface area contributed by atoms with Crippen molar-refractivity contribution in [3.8, 4) is 0 Å². The van der Waals surface area contributed by atoms with Crippen molar-refractivity contribution in [2.45, 2.75) is 88.1 Å². The first-order chi connectivity index (χ1) is 12.5. The van der Waals surface area contributed by atoms with E-state index in [2.05, 4.69) is 10.0 Å². The van der Waals surface area contributed by atoms with Gasteiger partial charge in [-0.25, -0.2) is 13.1 Å². The first-order valence-electron chi connectivity index (χ1n) is 9.89. The van der Waals surface area contributed by atoms with E-state index in [1.54, 1.807) is 12.1 Å². The number of aryl methyl sites for hydroxylation is 1. The summed E-state index contributed by atoms with van der Waals surface area (Å²) in [5, 5.41) is 3.08. The van der Waals surface area contributed by atoms with Crippen LogP contribution < -0.4 is 10.0 Å². The third-order valence-corrected chi connectivity index (χ3v) is 7.15. The van der Waals surface area contributed by atoms with Crippen molar-refractivity contribution in [3.63, 3.8) is 0 Å². The maximum absolute atomic E-state index is 12.7. The van der Waals surface area contributed by atoms with Crippen molar-refractivity contribution in [1.82, 2.24) is 10.0 Å². The minimum atomic E-state index is -3.60. The Morgan fingerprint density at radius 1 is 0.923 bits per heavy atom. The van der Waals surface area contributed by atoms with Gasteiger partial charge < -0.3 is 5.32 Å². The fourth-order valence-corrected chi connectivity index (χ4v) is 5.36. The molecule has 1 aromatic carbocycles. The lowest BCUT2D eigenvalue weighted by Crippen LogP contribution is -2.37. The summed E-state index contributed by atoms with van der Waals surface area (Å²) < 4.78 is 28.3. The molecule has 0 heterocycles. The van der Waals surface area contributed by atoms with E-state index in [0.29, 0.717) is 5.56 Å². The largest absolute Gasteiger partial charge is 0.349 e. The van der Waals surface area contributed by atoms with Gasteiger partial charge in [0.1, 0.15) is 0 Å². The van der Waals surface area contributed by atoms with E-state index >= 15 is 0 Å². The van der Waals surface area contributed by atoms with Gasteiger partial charge in [-0.3, -0.25) is 4.79 Å². The number of hydrogen-bond donors (Lipinski definition) is 2. The van der Waals surface area contributed by atoms with Gasteiger partial charge in [0.05, 0.1) is 4.90 Å². The fraction of sp³-hybridized carbons (Fsp3) is 0.650. The highest BCUT2D eigenvalue weighted by Gasteiger charge is 2.24. The van der Waals surface area contributed by atoms with Gasteiger partial charge in [-0.15, -0.1) is 0 Å². The first kappa shape index (κ1) is 19.4. The zero-order valence-corrected chi connectivity index (χ0v) is 16.4. The molecule has 0 aromatic heterocycles. The second-order valence-electron chi connectivity index (χ2n) is 7.74. The molecule has 144 valence electrons. The third-order valence-electron chi connectivity index (χ3n) is 5.63. The quantitative estimate of drug-likeness (QED) is 0.821. The Hall–Kier alpha value is -1.40. The van der Waals surface area contributed by atoms with Crippen molar-refractivity contribution in [2.24, 2.45) is 0 Å². The number of sulfonamides is 1. The summed E-state index contributed by atoms with van der Waals surface area (Å²) >= 11 is 0. The van der Waals surface area contributed by atoms with Crippen molar-refractivity contribution in [1.29, 1.82) is 0 Å². The molecule has 2 aliphatic carbocycles. The summed E-state index contributed by atoms with van der Waals surface area (Å²) in [4.78, 5) is 12.9. The number of nitrogens with one attached hydrogen (secondary N) is 2. The van der Waals surface area contributed by atoms with Crippen LogP contribution in [0.2, 0.25) is 0 Å². The summed E-state index contributed by atoms with van der Waals surface area (Å²) in [5.74, 6) is -0.163. The third kappa shape index (κ3) is 4.86. The van der Waals surface area contributed by atoms with Crippen LogP contribution in [0.15, 0.2) is 23.1 Å². The van der Waals surface area contributed by atoms with Crippen molar-refractivity contribution in [3.05, 3.63) is 29.3 Å². The lowest BCUT2D eigenvalue weighted by Gasteiger charge is -2.24. The highest BCUT2D eigenvalue weighted by molar-refractivity contribution is 7.89. The summed E-state index contributed by atoms with van der Waals surface area (Å²) in [6.45, 7) is 1.85. The molecule has 3 rings (SSSR count). The second kappa shape index (κ2) is 8.53. The molecule has 0 bridgehead atoms. The molecule has 0 spiro atoms. The van der Waals surface area contributed by atoms with E-state index in [-0.39, 0.29) is 22.9 Å². The van der Waals surface area contributed by atoms with Gasteiger partial charge in [-0.2, -0.15) is 0 Å². The van der Waals surface area contributed by atoms with Crippen LogP contribution in [-0.2, 0) is 10.0 Å². The predicted octanol–water partition coefficient (Wildman–Crippen LogP) is 3.67. The van der Waals surface area contributed by atoms with Crippen LogP contribution in [-0.4, -0.2) is 26.4 Å². The summed E-state index contributed by atoms with van der Waals surface area (Å²) in [6, 6.07) is 5.06. The van der Waals surface area contributed by atoms with E-state index < -0.39 is 10.0 Å². The molecule has 2 aliphatic rings. The molecule has 0 unspecified atom stereocenters. The van der Waals surface area contributed by atoms with Crippen molar-refractivity contribution in [2.75, 3.05) is 0 Å². The Bertz CT molecular complexity index is 733. The Balaban J connectivity index is 1.74. The number of carbonyl (C=O) groups is 1. The zero-order valence-electron chi connectivity index (χ0n) is 15.6. The minimum Gasteiger partial charge on any atom is -0.349 e. The second-order valence-corrected chi connectivity index (χ2v) is 9.46. The molecule has 6 heteroatoms. The van der Waals surface area contributed by atoms with Crippen LogP contribution in [0.4, 0.5) is 0 Å². The monoisotopic (exact) mass is 378 g/mol. The zero-order chi connectivity index (χ0) is 18.6. The van der Waals surface area contributed by atoms with Gasteiger partial charge in [0, 0.05) is 17.6 Å². The standard InChI is InChI=1S/C20H30N2O3S/c1-15-12-13-18(26(24,25)22-17-10-6-3-7-11-17)14-19(15)20(23)21-16-8-4-2-5-9-16/h12-14,16-17,22H,2-11H2,1H3,(H,21,23). The van der Waals surface area contributed by atoms with Gasteiger partial charge in [0.2, 0.25) is 10.0 Å². The number of hydrogen-bond acceptors (Lipinski definition) is 3. The highest BCUT2D eigenvalue weighted by atomic mass is 32.2. The number of benzene rings is 1. The van der Waals surface area contributed by atoms with Crippen LogP contribution in [0, 0.1) is 6.92 Å². The van der Waals surface area contributed by atoms with Crippen LogP contribution >= 0.6 is 0 Å². The van der Waals surface area contributed by atoms with E-state index in [4.69, 9.17) is 0 Å². The molecule has 1 amide bonds. The Labute approximate surface area is 157 Å². The number of amides is 1. The van der Waals surface area contributed by atoms with E-state index in [9.17, 15) is 13.2 Å². The van der Waals surface area contributed by atoms with E-state index in [0.717, 1.165) is 56.9 Å². The number of rotatable bonds is 5. The SMILES string of the molecule is Cc1ccc(S(=O)(=O)NC2CCCCC2)cc1C(=O)NC1CCCCC1. The van der Waals surface area contributed by atoms with E-state index in [1.165, 1.54) is 18.9 Å². The molecule has 2 saturated carbocycles. The van der Waals surface area contributed by atoms with Gasteiger partial charge >= 0.3 is 0 Å². The van der Waals surface area contributed by atoms with Crippen LogP contribution in [0.5, 0.6) is 0 Å². The average molecular weight is 379 g/mol. The smallest absolute Gasteiger partial charge is 0.251 e. The molecule has 0 atom stereocenters. The molecule has 5 nitrogen and oxygen atoms in total. The first-order valence-corrected chi connectivity index (χ1v) is 11.4. The van der Waals surface area contributed by atoms with Gasteiger partial charge in [0.25, 0.3) is 5.91 Å². The molecule has 26 heavy (non-hydrogen) atoms. The maximum Gasteiger partial charge on any atom is 0.251 e.